The van der Waals surface area contributed by atoms with Gasteiger partial charge in [-0.3, -0.25) is 5.84 Å². The van der Waals surface area contributed by atoms with Gasteiger partial charge in [0.15, 0.2) is 0 Å². The summed E-state index contributed by atoms with van der Waals surface area (Å²) in [5.41, 5.74) is 3.75. The average molecular weight is 350 g/mol. The molecule has 2 aromatic rings. The van der Waals surface area contributed by atoms with E-state index >= 15 is 0 Å². The smallest absolute Gasteiger partial charge is 0.136 e. The molecule has 0 radical (unpaired) electrons. The fraction of sp³-hybridized carbons (Fsp3) is 0.167. The summed E-state index contributed by atoms with van der Waals surface area (Å²) in [6, 6.07) is 7.20. The van der Waals surface area contributed by atoms with Gasteiger partial charge in [0.2, 0.25) is 0 Å². The predicted molar refractivity (Wildman–Crippen MR) is 76.6 cm³/mol. The van der Waals surface area contributed by atoms with E-state index in [4.69, 9.17) is 33.5 Å². The van der Waals surface area contributed by atoms with Crippen molar-refractivity contribution in [1.29, 1.82) is 0 Å². The van der Waals surface area contributed by atoms with Crippen LogP contribution in [0.3, 0.4) is 0 Å². The number of hydrazine groups is 1. The minimum atomic E-state index is -0.133. The average Bonchev–Trinajstić information content (AvgIpc) is 2.77. The maximum absolute atomic E-state index is 5.98. The van der Waals surface area contributed by atoms with E-state index in [0.29, 0.717) is 16.5 Å². The molecule has 0 aliphatic carbocycles. The standard InChI is InChI=1S/C12H11BrCl2N2O/c13-8-3-4-18-12(8)11(17-16)6-7-1-2-9(14)10(15)5-7/h1-5,11,17H,6,16H2. The van der Waals surface area contributed by atoms with Gasteiger partial charge < -0.3 is 4.42 Å². The van der Waals surface area contributed by atoms with Gasteiger partial charge in [-0.05, 0) is 46.1 Å². The summed E-state index contributed by atoms with van der Waals surface area (Å²) < 4.78 is 6.28. The van der Waals surface area contributed by atoms with E-state index in [1.165, 1.54) is 0 Å². The summed E-state index contributed by atoms with van der Waals surface area (Å²) >= 11 is 15.3. The Morgan fingerprint density at radius 3 is 2.61 bits per heavy atom. The van der Waals surface area contributed by atoms with Gasteiger partial charge >= 0.3 is 0 Å². The Labute approximate surface area is 123 Å². The first-order chi connectivity index (χ1) is 8.61. The van der Waals surface area contributed by atoms with Crippen LogP contribution < -0.4 is 11.3 Å². The number of nitrogens with two attached hydrogens (primary N) is 1. The summed E-state index contributed by atoms with van der Waals surface area (Å²) in [5.74, 6) is 6.31. The number of rotatable bonds is 4. The normalized spacial score (nSPS) is 12.7. The summed E-state index contributed by atoms with van der Waals surface area (Å²) in [5, 5.41) is 1.07. The van der Waals surface area contributed by atoms with Crippen LogP contribution in [-0.4, -0.2) is 0 Å². The molecule has 18 heavy (non-hydrogen) atoms. The molecule has 1 unspecified atom stereocenters. The molecule has 1 aromatic carbocycles. The number of hydrogen-bond acceptors (Lipinski definition) is 3. The van der Waals surface area contributed by atoms with Gasteiger partial charge in [-0.15, -0.1) is 0 Å². The molecule has 3 nitrogen and oxygen atoms in total. The highest BCUT2D eigenvalue weighted by Gasteiger charge is 2.17. The zero-order chi connectivity index (χ0) is 13.1. The minimum Gasteiger partial charge on any atom is -0.466 e. The van der Waals surface area contributed by atoms with Gasteiger partial charge in [0.1, 0.15) is 5.76 Å². The molecule has 1 atom stereocenters. The van der Waals surface area contributed by atoms with Gasteiger partial charge in [-0.2, -0.15) is 0 Å². The van der Waals surface area contributed by atoms with Crippen molar-refractivity contribution in [3.8, 4) is 0 Å². The highest BCUT2D eigenvalue weighted by Crippen LogP contribution is 2.29. The molecule has 0 fully saturated rings. The fourth-order valence-corrected chi connectivity index (χ4v) is 2.48. The SMILES string of the molecule is NNC(Cc1ccc(Cl)c(Cl)c1)c1occc1Br. The van der Waals surface area contributed by atoms with Crippen molar-refractivity contribution < 1.29 is 4.42 Å². The molecule has 6 heteroatoms. The van der Waals surface area contributed by atoms with E-state index in [1.54, 1.807) is 12.3 Å². The summed E-state index contributed by atoms with van der Waals surface area (Å²) in [7, 11) is 0. The van der Waals surface area contributed by atoms with Crippen molar-refractivity contribution in [3.05, 3.63) is 56.4 Å². The number of halogens is 3. The lowest BCUT2D eigenvalue weighted by Crippen LogP contribution is -2.29. The van der Waals surface area contributed by atoms with E-state index in [9.17, 15) is 0 Å². The van der Waals surface area contributed by atoms with Gasteiger partial charge in [0.25, 0.3) is 0 Å². The Kier molecular flexibility index (Phi) is 4.70. The van der Waals surface area contributed by atoms with E-state index < -0.39 is 0 Å². The van der Waals surface area contributed by atoms with Gasteiger partial charge in [0, 0.05) is 0 Å². The summed E-state index contributed by atoms with van der Waals surface area (Å²) in [6.45, 7) is 0. The molecule has 0 saturated heterocycles. The highest BCUT2D eigenvalue weighted by atomic mass is 79.9. The third-order valence-corrected chi connectivity index (χ3v) is 3.98. The first kappa shape index (κ1) is 13.9. The van der Waals surface area contributed by atoms with E-state index in [0.717, 1.165) is 15.8 Å². The zero-order valence-electron chi connectivity index (χ0n) is 9.29. The van der Waals surface area contributed by atoms with Gasteiger partial charge in [-0.1, -0.05) is 29.3 Å². The molecule has 0 amide bonds. The Morgan fingerprint density at radius 2 is 2.06 bits per heavy atom. The second-order valence-corrected chi connectivity index (χ2v) is 5.47. The zero-order valence-corrected chi connectivity index (χ0v) is 12.4. The first-order valence-electron chi connectivity index (χ1n) is 5.24. The number of furan rings is 1. The molecule has 0 saturated carbocycles. The maximum Gasteiger partial charge on any atom is 0.136 e. The second kappa shape index (κ2) is 6.08. The lowest BCUT2D eigenvalue weighted by Gasteiger charge is -2.14. The van der Waals surface area contributed by atoms with E-state index in [2.05, 4.69) is 21.4 Å². The van der Waals surface area contributed by atoms with Crippen LogP contribution in [0, 0.1) is 0 Å². The van der Waals surface area contributed by atoms with Gasteiger partial charge in [0.05, 0.1) is 26.8 Å². The molecule has 1 heterocycles. The van der Waals surface area contributed by atoms with Crippen LogP contribution >= 0.6 is 39.1 Å². The molecule has 3 N–H and O–H groups in total. The summed E-state index contributed by atoms with van der Waals surface area (Å²) in [6.07, 6.45) is 2.26. The molecule has 96 valence electrons. The lowest BCUT2D eigenvalue weighted by molar-refractivity contribution is 0.413. The third-order valence-electron chi connectivity index (χ3n) is 2.59. The lowest BCUT2D eigenvalue weighted by atomic mass is 10.0. The van der Waals surface area contributed by atoms with Crippen LogP contribution in [0.1, 0.15) is 17.4 Å². The first-order valence-corrected chi connectivity index (χ1v) is 6.79. The largest absolute Gasteiger partial charge is 0.466 e. The van der Waals surface area contributed by atoms with Crippen LogP contribution in [0.15, 0.2) is 39.4 Å². The Morgan fingerprint density at radius 1 is 1.28 bits per heavy atom. The molecular formula is C12H11BrCl2N2O. The fourth-order valence-electron chi connectivity index (χ4n) is 1.68. The van der Waals surface area contributed by atoms with Crippen molar-refractivity contribution in [2.75, 3.05) is 0 Å². The topological polar surface area (TPSA) is 51.2 Å². The van der Waals surface area contributed by atoms with Crippen LogP contribution in [0.25, 0.3) is 0 Å². The van der Waals surface area contributed by atoms with E-state index in [1.807, 2.05) is 18.2 Å². The second-order valence-electron chi connectivity index (χ2n) is 3.80. The van der Waals surface area contributed by atoms with Crippen LogP contribution in [0.4, 0.5) is 0 Å². The molecule has 0 aliphatic rings. The summed E-state index contributed by atoms with van der Waals surface area (Å²) in [4.78, 5) is 0. The van der Waals surface area contributed by atoms with Crippen LogP contribution in [-0.2, 0) is 6.42 Å². The minimum absolute atomic E-state index is 0.133. The highest BCUT2D eigenvalue weighted by molar-refractivity contribution is 9.10. The Hall–Kier alpha value is -0.520. The van der Waals surface area contributed by atoms with Crippen LogP contribution in [0.2, 0.25) is 10.0 Å². The number of hydrogen-bond donors (Lipinski definition) is 2. The van der Waals surface area contributed by atoms with Crippen LogP contribution in [0.5, 0.6) is 0 Å². The van der Waals surface area contributed by atoms with Crippen molar-refractivity contribution in [2.24, 2.45) is 5.84 Å². The molecular weight excluding hydrogens is 339 g/mol. The maximum atomic E-state index is 5.98. The van der Waals surface area contributed by atoms with Gasteiger partial charge in [-0.25, -0.2) is 5.43 Å². The molecule has 0 spiro atoms. The molecule has 0 aliphatic heterocycles. The number of benzene rings is 1. The Bertz CT molecular complexity index is 545. The van der Waals surface area contributed by atoms with Crippen molar-refractivity contribution >= 4 is 39.1 Å². The van der Waals surface area contributed by atoms with Crippen molar-refractivity contribution in [2.45, 2.75) is 12.5 Å². The van der Waals surface area contributed by atoms with Crippen molar-refractivity contribution in [1.82, 2.24) is 5.43 Å². The molecule has 2 rings (SSSR count). The molecule has 1 aromatic heterocycles. The van der Waals surface area contributed by atoms with E-state index in [-0.39, 0.29) is 6.04 Å². The third kappa shape index (κ3) is 3.08. The predicted octanol–water partition coefficient (Wildman–Crippen LogP) is 4.10. The molecule has 0 bridgehead atoms. The van der Waals surface area contributed by atoms with Crippen molar-refractivity contribution in [3.63, 3.8) is 0 Å². The Balaban J connectivity index is 2.20. The number of nitrogens with one attached hydrogen (secondary N) is 1. The monoisotopic (exact) mass is 348 g/mol. The quantitative estimate of drug-likeness (QED) is 0.645.